The zero-order valence-electron chi connectivity index (χ0n) is 18.2. The first-order valence-electron chi connectivity index (χ1n) is 10.2. The van der Waals surface area contributed by atoms with Crippen LogP contribution in [-0.4, -0.2) is 43.8 Å². The summed E-state index contributed by atoms with van der Waals surface area (Å²) in [6.45, 7) is -1.96. The van der Waals surface area contributed by atoms with E-state index >= 15 is 0 Å². The fourth-order valence-corrected chi connectivity index (χ4v) is 3.60. The van der Waals surface area contributed by atoms with Gasteiger partial charge in [-0.3, -0.25) is 4.79 Å². The van der Waals surface area contributed by atoms with E-state index in [1.54, 1.807) is 0 Å². The van der Waals surface area contributed by atoms with Crippen LogP contribution in [0.1, 0.15) is 28.8 Å². The van der Waals surface area contributed by atoms with E-state index < -0.39 is 47.7 Å². The van der Waals surface area contributed by atoms with E-state index in [1.807, 2.05) is 6.07 Å². The Morgan fingerprint density at radius 1 is 1.25 bits per heavy atom. The van der Waals surface area contributed by atoms with Crippen LogP contribution in [0.5, 0.6) is 5.88 Å². The summed E-state index contributed by atoms with van der Waals surface area (Å²) >= 11 is 6.13. The van der Waals surface area contributed by atoms with Crippen molar-refractivity contribution < 1.29 is 35.9 Å². The highest BCUT2D eigenvalue weighted by molar-refractivity contribution is 6.34. The molecular formula is C21H15ClF6N6O2. The number of benzene rings is 1. The molecule has 0 atom stereocenters. The summed E-state index contributed by atoms with van der Waals surface area (Å²) < 4.78 is 84.7. The lowest BCUT2D eigenvalue weighted by molar-refractivity contribution is -0.159. The van der Waals surface area contributed by atoms with E-state index in [2.05, 4.69) is 20.3 Å². The molecule has 4 rings (SSSR count). The van der Waals surface area contributed by atoms with Crippen molar-refractivity contribution in [1.29, 1.82) is 5.26 Å². The molecule has 1 saturated carbocycles. The molecule has 1 fully saturated rings. The molecule has 2 heterocycles. The Balaban J connectivity index is 1.69. The minimum absolute atomic E-state index is 0.0443. The minimum atomic E-state index is -5.11. The molecule has 0 spiro atoms. The normalized spacial score (nSPS) is 14.9. The fraction of sp³-hybridized carbons (Fsp3) is 0.333. The fourth-order valence-electron chi connectivity index (χ4n) is 3.39. The molecule has 0 aliphatic heterocycles. The van der Waals surface area contributed by atoms with Gasteiger partial charge in [-0.25, -0.2) is 9.36 Å². The SMILES string of the molecule is Cn1nc(OCC(F)(F)F)c(C(F)(F)F)c1-n1cc(-c2ccc(Cl)c(C(=O)NC3(C#N)CC3)c2)cn1. The Morgan fingerprint density at radius 2 is 1.94 bits per heavy atom. The van der Waals surface area contributed by atoms with Crippen LogP contribution in [0.3, 0.4) is 0 Å². The molecule has 0 radical (unpaired) electrons. The number of aromatic nitrogens is 4. The Hall–Kier alpha value is -3.73. The van der Waals surface area contributed by atoms with Crippen molar-refractivity contribution in [3.63, 3.8) is 0 Å². The second kappa shape index (κ2) is 8.74. The monoisotopic (exact) mass is 532 g/mol. The number of rotatable bonds is 6. The molecule has 1 aliphatic carbocycles. The first kappa shape index (κ1) is 25.4. The van der Waals surface area contributed by atoms with Gasteiger partial charge in [0, 0.05) is 18.8 Å². The summed E-state index contributed by atoms with van der Waals surface area (Å²) in [4.78, 5) is 12.6. The van der Waals surface area contributed by atoms with Gasteiger partial charge in [0.2, 0.25) is 5.88 Å². The van der Waals surface area contributed by atoms with Gasteiger partial charge in [0.05, 0.1) is 22.9 Å². The van der Waals surface area contributed by atoms with Crippen molar-refractivity contribution in [2.24, 2.45) is 7.05 Å². The zero-order chi connectivity index (χ0) is 26.5. The Morgan fingerprint density at radius 3 is 2.53 bits per heavy atom. The van der Waals surface area contributed by atoms with Gasteiger partial charge in [0.1, 0.15) is 5.54 Å². The first-order chi connectivity index (χ1) is 16.7. The Labute approximate surface area is 204 Å². The van der Waals surface area contributed by atoms with Gasteiger partial charge in [0.15, 0.2) is 18.0 Å². The topological polar surface area (TPSA) is 97.8 Å². The smallest absolute Gasteiger partial charge is 0.425 e. The Kier molecular flexibility index (Phi) is 6.16. The van der Waals surface area contributed by atoms with Crippen LogP contribution >= 0.6 is 11.6 Å². The van der Waals surface area contributed by atoms with Gasteiger partial charge in [-0.05, 0) is 30.5 Å². The summed E-state index contributed by atoms with van der Waals surface area (Å²) in [7, 11) is 1.10. The number of amides is 1. The van der Waals surface area contributed by atoms with Crippen LogP contribution < -0.4 is 10.1 Å². The molecule has 8 nitrogen and oxygen atoms in total. The molecule has 0 bridgehead atoms. The summed E-state index contributed by atoms with van der Waals surface area (Å²) in [6, 6.07) is 6.32. The molecule has 36 heavy (non-hydrogen) atoms. The van der Waals surface area contributed by atoms with Gasteiger partial charge in [-0.2, -0.15) is 36.7 Å². The predicted molar refractivity (Wildman–Crippen MR) is 112 cm³/mol. The maximum Gasteiger partial charge on any atom is 0.425 e. The van der Waals surface area contributed by atoms with E-state index in [0.29, 0.717) is 23.1 Å². The quantitative estimate of drug-likeness (QED) is 0.465. The van der Waals surface area contributed by atoms with E-state index in [4.69, 9.17) is 11.6 Å². The van der Waals surface area contributed by atoms with Crippen molar-refractivity contribution in [1.82, 2.24) is 24.9 Å². The van der Waals surface area contributed by atoms with Gasteiger partial charge < -0.3 is 10.1 Å². The number of nitrogens with one attached hydrogen (secondary N) is 1. The first-order valence-corrected chi connectivity index (χ1v) is 10.5. The highest BCUT2D eigenvalue weighted by Crippen LogP contribution is 2.41. The van der Waals surface area contributed by atoms with Crippen molar-refractivity contribution in [2.45, 2.75) is 30.7 Å². The van der Waals surface area contributed by atoms with E-state index in [-0.39, 0.29) is 16.1 Å². The van der Waals surface area contributed by atoms with Crippen molar-refractivity contribution in [3.05, 3.63) is 46.7 Å². The second-order valence-electron chi connectivity index (χ2n) is 8.05. The molecule has 2 aromatic heterocycles. The zero-order valence-corrected chi connectivity index (χ0v) is 19.0. The van der Waals surface area contributed by atoms with E-state index in [9.17, 15) is 36.4 Å². The molecular weight excluding hydrogens is 518 g/mol. The van der Waals surface area contributed by atoms with Crippen LogP contribution in [0.2, 0.25) is 5.02 Å². The summed E-state index contributed by atoms with van der Waals surface area (Å²) in [5.74, 6) is -2.51. The number of hydrogen-bond donors (Lipinski definition) is 1. The number of nitrogens with zero attached hydrogens (tertiary/aromatic N) is 5. The number of hydrogen-bond acceptors (Lipinski definition) is 5. The number of carbonyl (C=O) groups excluding carboxylic acids is 1. The minimum Gasteiger partial charge on any atom is -0.466 e. The number of carbonyl (C=O) groups is 1. The standard InChI is InChI=1S/C21H15ClF6N6O2/c1-33-18(15(21(26,27)28)17(32-33)36-10-20(23,24)25)34-8-12(7-30-34)11-2-3-14(22)13(6-11)16(35)31-19(9-29)4-5-19/h2-3,6-8H,4-5,10H2,1H3,(H,31,35). The molecule has 0 saturated heterocycles. The highest BCUT2D eigenvalue weighted by Gasteiger charge is 2.45. The summed E-state index contributed by atoms with van der Waals surface area (Å²) in [6.07, 6.45) is -6.60. The average molecular weight is 533 g/mol. The predicted octanol–water partition coefficient (Wildman–Crippen LogP) is 4.67. The second-order valence-corrected chi connectivity index (χ2v) is 8.45. The Bertz CT molecular complexity index is 1370. The molecule has 190 valence electrons. The average Bonchev–Trinajstić information content (AvgIpc) is 3.22. The van der Waals surface area contributed by atoms with Gasteiger partial charge >= 0.3 is 12.4 Å². The van der Waals surface area contributed by atoms with E-state index in [1.165, 1.54) is 30.6 Å². The van der Waals surface area contributed by atoms with Crippen LogP contribution in [-0.2, 0) is 13.2 Å². The summed E-state index contributed by atoms with van der Waals surface area (Å²) in [5, 5.41) is 19.2. The number of nitriles is 1. The van der Waals surface area contributed by atoms with Crippen molar-refractivity contribution >= 4 is 17.5 Å². The third-order valence-corrected chi connectivity index (χ3v) is 5.63. The van der Waals surface area contributed by atoms with Crippen LogP contribution in [0.15, 0.2) is 30.6 Å². The number of halogens is 7. The highest BCUT2D eigenvalue weighted by atomic mass is 35.5. The third-order valence-electron chi connectivity index (χ3n) is 5.30. The van der Waals surface area contributed by atoms with Gasteiger partial charge in [0.25, 0.3) is 5.91 Å². The lowest BCUT2D eigenvalue weighted by Gasteiger charge is -2.12. The van der Waals surface area contributed by atoms with Gasteiger partial charge in [-0.15, -0.1) is 5.10 Å². The molecule has 3 aromatic rings. The lowest BCUT2D eigenvalue weighted by atomic mass is 10.1. The largest absolute Gasteiger partial charge is 0.466 e. The molecule has 1 aliphatic rings. The van der Waals surface area contributed by atoms with Crippen LogP contribution in [0.4, 0.5) is 26.3 Å². The lowest BCUT2D eigenvalue weighted by Crippen LogP contribution is -2.35. The van der Waals surface area contributed by atoms with Crippen molar-refractivity contribution in [3.8, 4) is 28.9 Å². The van der Waals surface area contributed by atoms with Crippen LogP contribution in [0.25, 0.3) is 16.9 Å². The number of aryl methyl sites for hydroxylation is 1. The number of alkyl halides is 6. The third kappa shape index (κ3) is 5.11. The molecule has 0 unspecified atom stereocenters. The molecule has 1 N–H and O–H groups in total. The molecule has 1 aromatic carbocycles. The van der Waals surface area contributed by atoms with Crippen molar-refractivity contribution in [2.75, 3.05) is 6.61 Å². The molecule has 1 amide bonds. The molecule has 15 heteroatoms. The van der Waals surface area contributed by atoms with Crippen LogP contribution in [0, 0.1) is 11.3 Å². The van der Waals surface area contributed by atoms with E-state index in [0.717, 1.165) is 11.7 Å². The maximum atomic E-state index is 13.8. The van der Waals surface area contributed by atoms with Gasteiger partial charge in [-0.1, -0.05) is 17.7 Å². The summed E-state index contributed by atoms with van der Waals surface area (Å²) in [5.41, 5.74) is -1.80. The number of ether oxygens (including phenoxy) is 1. The maximum absolute atomic E-state index is 13.8.